The molecule has 2 aromatic heterocycles. The zero-order chi connectivity index (χ0) is 18.1. The van der Waals surface area contributed by atoms with Gasteiger partial charge in [-0.15, -0.1) is 0 Å². The molecular weight excluding hydrogens is 391 g/mol. The molecule has 134 valence electrons. The summed E-state index contributed by atoms with van der Waals surface area (Å²) in [5.41, 5.74) is 1.70. The monoisotopic (exact) mass is 406 g/mol. The van der Waals surface area contributed by atoms with Crippen molar-refractivity contribution in [2.75, 3.05) is 16.8 Å². The Balaban J connectivity index is 1.63. The summed E-state index contributed by atoms with van der Waals surface area (Å²) in [4.78, 5) is 17.1. The van der Waals surface area contributed by atoms with E-state index in [-0.39, 0.29) is 5.91 Å². The minimum Gasteiger partial charge on any atom is -0.322 e. The third kappa shape index (κ3) is 3.41. The van der Waals surface area contributed by atoms with Gasteiger partial charge in [0, 0.05) is 16.9 Å². The Labute approximate surface area is 165 Å². The molecule has 4 rings (SSSR count). The van der Waals surface area contributed by atoms with Crippen LogP contribution in [0.5, 0.6) is 0 Å². The second kappa shape index (κ2) is 7.47. The lowest BCUT2D eigenvalue weighted by Crippen LogP contribution is -2.17. The van der Waals surface area contributed by atoms with Crippen LogP contribution < -0.4 is 5.32 Å². The van der Waals surface area contributed by atoms with Crippen molar-refractivity contribution < 1.29 is 4.79 Å². The number of aromatic nitrogens is 3. The van der Waals surface area contributed by atoms with E-state index < -0.39 is 0 Å². The van der Waals surface area contributed by atoms with E-state index in [2.05, 4.69) is 15.4 Å². The van der Waals surface area contributed by atoms with E-state index in [1.54, 1.807) is 30.5 Å². The Morgan fingerprint density at radius 1 is 1.15 bits per heavy atom. The van der Waals surface area contributed by atoms with Gasteiger partial charge in [-0.2, -0.15) is 16.9 Å². The fourth-order valence-electron chi connectivity index (χ4n) is 3.05. The zero-order valence-corrected chi connectivity index (χ0v) is 16.1. The quantitative estimate of drug-likeness (QED) is 0.660. The van der Waals surface area contributed by atoms with Crippen LogP contribution >= 0.6 is 35.0 Å². The molecule has 1 aromatic carbocycles. The molecule has 3 aromatic rings. The Kier molecular flexibility index (Phi) is 5.07. The molecule has 0 atom stereocenters. The Morgan fingerprint density at radius 3 is 2.62 bits per heavy atom. The van der Waals surface area contributed by atoms with Crippen molar-refractivity contribution in [1.82, 2.24) is 14.8 Å². The molecule has 1 fully saturated rings. The predicted molar refractivity (Wildman–Crippen MR) is 108 cm³/mol. The third-order valence-electron chi connectivity index (χ3n) is 4.44. The fourth-order valence-corrected chi connectivity index (χ4v) is 4.53. The lowest BCUT2D eigenvalue weighted by Gasteiger charge is -2.22. The number of hydrogen-bond acceptors (Lipinski definition) is 4. The van der Waals surface area contributed by atoms with E-state index >= 15 is 0 Å². The van der Waals surface area contributed by atoms with Crippen LogP contribution in [0.1, 0.15) is 29.2 Å². The average molecular weight is 407 g/mol. The van der Waals surface area contributed by atoms with Crippen LogP contribution in [-0.2, 0) is 0 Å². The molecule has 1 aliphatic heterocycles. The smallest absolute Gasteiger partial charge is 0.258 e. The zero-order valence-electron chi connectivity index (χ0n) is 13.8. The van der Waals surface area contributed by atoms with E-state index in [0.717, 1.165) is 30.0 Å². The van der Waals surface area contributed by atoms with Gasteiger partial charge in [0.1, 0.15) is 0 Å². The van der Waals surface area contributed by atoms with E-state index in [1.165, 1.54) is 6.20 Å². The number of carbonyl (C=O) groups is 1. The maximum atomic E-state index is 12.6. The van der Waals surface area contributed by atoms with Crippen LogP contribution in [0.15, 0.2) is 36.7 Å². The van der Waals surface area contributed by atoms with E-state index in [1.807, 2.05) is 16.4 Å². The Bertz CT molecular complexity index is 952. The highest BCUT2D eigenvalue weighted by molar-refractivity contribution is 7.99. The van der Waals surface area contributed by atoms with Gasteiger partial charge in [-0.25, -0.2) is 9.67 Å². The van der Waals surface area contributed by atoms with Gasteiger partial charge >= 0.3 is 0 Å². The van der Waals surface area contributed by atoms with Gasteiger partial charge in [-0.1, -0.05) is 23.2 Å². The van der Waals surface area contributed by atoms with Crippen LogP contribution in [0.3, 0.4) is 0 Å². The van der Waals surface area contributed by atoms with Crippen molar-refractivity contribution >= 4 is 57.6 Å². The van der Waals surface area contributed by atoms with Gasteiger partial charge in [0.05, 0.1) is 28.2 Å². The maximum Gasteiger partial charge on any atom is 0.258 e. The number of amides is 1. The topological polar surface area (TPSA) is 59.8 Å². The van der Waals surface area contributed by atoms with Crippen LogP contribution in [0.4, 0.5) is 5.69 Å². The fraction of sp³-hybridized carbons (Fsp3) is 0.278. The van der Waals surface area contributed by atoms with Gasteiger partial charge in [0.25, 0.3) is 5.91 Å². The largest absolute Gasteiger partial charge is 0.322 e. The van der Waals surface area contributed by atoms with Gasteiger partial charge in [0.15, 0.2) is 5.65 Å². The molecule has 0 spiro atoms. The number of halogens is 2. The van der Waals surface area contributed by atoms with E-state index in [4.69, 9.17) is 23.2 Å². The molecule has 0 bridgehead atoms. The standard InChI is InChI=1S/C18H16Cl2N4OS/c19-11-1-3-12(4-2-11)23-18(25)15-9-21-17-14(16(15)20)10-22-24(17)13-5-7-26-8-6-13/h1-4,9-10,13H,5-8H2,(H,23,25). The van der Waals surface area contributed by atoms with Gasteiger partial charge in [-0.3, -0.25) is 4.79 Å². The molecule has 1 amide bonds. The van der Waals surface area contributed by atoms with Crippen LogP contribution in [0, 0.1) is 0 Å². The van der Waals surface area contributed by atoms with Crippen molar-refractivity contribution in [3.05, 3.63) is 52.3 Å². The lowest BCUT2D eigenvalue weighted by atomic mass is 10.1. The maximum absolute atomic E-state index is 12.6. The van der Waals surface area contributed by atoms with Gasteiger partial charge in [0.2, 0.25) is 0 Å². The summed E-state index contributed by atoms with van der Waals surface area (Å²) in [6, 6.07) is 7.24. The van der Waals surface area contributed by atoms with Crippen LogP contribution in [0.2, 0.25) is 10.0 Å². The number of hydrogen-bond donors (Lipinski definition) is 1. The van der Waals surface area contributed by atoms with E-state index in [9.17, 15) is 4.79 Å². The average Bonchev–Trinajstić information content (AvgIpc) is 3.09. The molecule has 1 N–H and O–H groups in total. The van der Waals surface area contributed by atoms with E-state index in [0.29, 0.717) is 32.7 Å². The summed E-state index contributed by atoms with van der Waals surface area (Å²) < 4.78 is 1.95. The number of rotatable bonds is 3. The number of anilines is 1. The molecule has 8 heteroatoms. The molecule has 0 radical (unpaired) electrons. The second-order valence-electron chi connectivity index (χ2n) is 6.12. The predicted octanol–water partition coefficient (Wildman–Crippen LogP) is 5.06. The first kappa shape index (κ1) is 17.6. The normalized spacial score (nSPS) is 15.3. The van der Waals surface area contributed by atoms with Crippen LogP contribution in [0.25, 0.3) is 11.0 Å². The first-order valence-electron chi connectivity index (χ1n) is 8.30. The van der Waals surface area contributed by atoms with Crippen molar-refractivity contribution in [2.24, 2.45) is 0 Å². The molecule has 26 heavy (non-hydrogen) atoms. The minimum absolute atomic E-state index is 0.312. The van der Waals surface area contributed by atoms with Crippen molar-refractivity contribution in [3.63, 3.8) is 0 Å². The summed E-state index contributed by atoms with van der Waals surface area (Å²) in [5.74, 6) is 1.94. The Morgan fingerprint density at radius 2 is 1.88 bits per heavy atom. The molecule has 0 aliphatic carbocycles. The molecule has 1 aliphatic rings. The van der Waals surface area contributed by atoms with Crippen molar-refractivity contribution in [1.29, 1.82) is 0 Å². The first-order valence-corrected chi connectivity index (χ1v) is 10.2. The molecule has 0 unspecified atom stereocenters. The molecule has 3 heterocycles. The van der Waals surface area contributed by atoms with Crippen molar-refractivity contribution in [3.8, 4) is 0 Å². The minimum atomic E-state index is -0.312. The molecule has 1 saturated heterocycles. The summed E-state index contributed by atoms with van der Waals surface area (Å²) in [7, 11) is 0. The number of fused-ring (bicyclic) bond motifs is 1. The van der Waals surface area contributed by atoms with Crippen LogP contribution in [-0.4, -0.2) is 32.2 Å². The molecule has 0 saturated carbocycles. The highest BCUT2D eigenvalue weighted by Gasteiger charge is 2.22. The third-order valence-corrected chi connectivity index (χ3v) is 6.15. The molecular formula is C18H16Cl2N4OS. The summed E-state index contributed by atoms with van der Waals surface area (Å²) in [6.45, 7) is 0. The number of carbonyl (C=O) groups excluding carboxylic acids is 1. The lowest BCUT2D eigenvalue weighted by molar-refractivity contribution is 0.102. The SMILES string of the molecule is O=C(Nc1ccc(Cl)cc1)c1cnc2c(cnn2C2CCSCC2)c1Cl. The molecule has 5 nitrogen and oxygen atoms in total. The summed E-state index contributed by atoms with van der Waals surface area (Å²) in [5, 5.41) is 8.98. The highest BCUT2D eigenvalue weighted by atomic mass is 35.5. The number of nitrogens with one attached hydrogen (secondary N) is 1. The number of nitrogens with zero attached hydrogens (tertiary/aromatic N) is 3. The Hall–Kier alpha value is -1.76. The van der Waals surface area contributed by atoms with Crippen molar-refractivity contribution in [2.45, 2.75) is 18.9 Å². The van der Waals surface area contributed by atoms with Gasteiger partial charge in [-0.05, 0) is 48.6 Å². The summed E-state index contributed by atoms with van der Waals surface area (Å²) >= 11 is 14.3. The van der Waals surface area contributed by atoms with Gasteiger partial charge < -0.3 is 5.32 Å². The highest BCUT2D eigenvalue weighted by Crippen LogP contribution is 2.32. The number of pyridine rings is 1. The number of benzene rings is 1. The second-order valence-corrected chi connectivity index (χ2v) is 8.16. The first-order chi connectivity index (χ1) is 12.6. The number of thioether (sulfide) groups is 1. The summed E-state index contributed by atoms with van der Waals surface area (Å²) in [6.07, 6.45) is 5.36.